The highest BCUT2D eigenvalue weighted by atomic mass is 35.5. The molecule has 7 nitrogen and oxygen atoms in total. The molecule has 0 aromatic heterocycles. The number of likely N-dealkylation sites (N-methyl/N-ethyl adjacent to an activating group) is 1. The third kappa shape index (κ3) is 7.71. The Hall–Kier alpha value is -3.20. The van der Waals surface area contributed by atoms with Crippen molar-refractivity contribution in [3.05, 3.63) is 101 Å². The average molecular weight is 582 g/mol. The maximum Gasteiger partial charge on any atom is 0.243 e. The fraction of sp³-hybridized carbons (Fsp3) is 0.355. The first-order chi connectivity index (χ1) is 19.3. The van der Waals surface area contributed by atoms with Crippen molar-refractivity contribution in [2.75, 3.05) is 19.6 Å². The number of amides is 2. The Bertz CT molecular complexity index is 1370. The SMILES string of the molecule is CCNC(=O)[C@@H](Cc1ccccc1)N(Cc1ccc(Cl)cc1)C(=O)CCc1ccc(S(=O)(=O)N2CCCC2)cc1. The van der Waals surface area contributed by atoms with E-state index in [9.17, 15) is 18.0 Å². The Morgan fingerprint density at radius 2 is 1.52 bits per heavy atom. The lowest BCUT2D eigenvalue weighted by molar-refractivity contribution is -0.141. The van der Waals surface area contributed by atoms with Crippen LogP contribution < -0.4 is 5.32 Å². The van der Waals surface area contributed by atoms with Crippen LogP contribution in [0.15, 0.2) is 83.8 Å². The van der Waals surface area contributed by atoms with Gasteiger partial charge in [-0.3, -0.25) is 9.59 Å². The second kappa shape index (κ2) is 13.9. The van der Waals surface area contributed by atoms with E-state index in [1.165, 1.54) is 4.31 Å². The molecule has 212 valence electrons. The van der Waals surface area contributed by atoms with E-state index in [1.54, 1.807) is 41.3 Å². The Balaban J connectivity index is 1.53. The molecule has 0 saturated carbocycles. The molecular formula is C31H36ClN3O4S. The van der Waals surface area contributed by atoms with E-state index in [-0.39, 0.29) is 29.7 Å². The third-order valence-corrected chi connectivity index (χ3v) is 9.31. The van der Waals surface area contributed by atoms with Crippen molar-refractivity contribution in [2.24, 2.45) is 0 Å². The minimum absolute atomic E-state index is 0.157. The number of carbonyl (C=O) groups is 2. The first-order valence-corrected chi connectivity index (χ1v) is 15.5. The summed E-state index contributed by atoms with van der Waals surface area (Å²) < 4.78 is 27.2. The average Bonchev–Trinajstić information content (AvgIpc) is 3.52. The first kappa shape index (κ1) is 29.8. The highest BCUT2D eigenvalue weighted by Crippen LogP contribution is 2.22. The van der Waals surface area contributed by atoms with E-state index in [1.807, 2.05) is 49.4 Å². The molecule has 0 aliphatic carbocycles. The van der Waals surface area contributed by atoms with Gasteiger partial charge in [0, 0.05) is 44.0 Å². The number of aryl methyl sites for hydroxylation is 1. The van der Waals surface area contributed by atoms with Crippen LogP contribution >= 0.6 is 11.6 Å². The summed E-state index contributed by atoms with van der Waals surface area (Å²) >= 11 is 6.08. The summed E-state index contributed by atoms with van der Waals surface area (Å²) in [6.45, 7) is 3.68. The second-order valence-corrected chi connectivity index (χ2v) is 12.4. The molecule has 1 saturated heterocycles. The van der Waals surface area contributed by atoms with Crippen LogP contribution in [-0.2, 0) is 39.0 Å². The van der Waals surface area contributed by atoms with Crippen LogP contribution in [0, 0.1) is 0 Å². The number of rotatable bonds is 12. The van der Waals surface area contributed by atoms with Crippen molar-refractivity contribution in [1.29, 1.82) is 0 Å². The van der Waals surface area contributed by atoms with Gasteiger partial charge in [0.15, 0.2) is 0 Å². The fourth-order valence-electron chi connectivity index (χ4n) is 4.93. The summed E-state index contributed by atoms with van der Waals surface area (Å²) in [6, 6.07) is 23.0. The zero-order valence-corrected chi connectivity index (χ0v) is 24.3. The molecule has 1 atom stereocenters. The van der Waals surface area contributed by atoms with Crippen molar-refractivity contribution >= 4 is 33.4 Å². The summed E-state index contributed by atoms with van der Waals surface area (Å²) in [6.07, 6.45) is 2.75. The molecule has 1 aliphatic rings. The smallest absolute Gasteiger partial charge is 0.243 e. The molecule has 0 spiro atoms. The monoisotopic (exact) mass is 581 g/mol. The maximum atomic E-state index is 13.7. The van der Waals surface area contributed by atoms with Crippen LogP contribution in [0.3, 0.4) is 0 Å². The number of sulfonamides is 1. The Morgan fingerprint density at radius 1 is 0.900 bits per heavy atom. The molecule has 3 aromatic rings. The molecule has 1 aliphatic heterocycles. The highest BCUT2D eigenvalue weighted by molar-refractivity contribution is 7.89. The minimum atomic E-state index is -3.49. The van der Waals surface area contributed by atoms with Gasteiger partial charge in [0.1, 0.15) is 6.04 Å². The Kier molecular flexibility index (Phi) is 10.4. The number of nitrogens with one attached hydrogen (secondary N) is 1. The van der Waals surface area contributed by atoms with Crippen LogP contribution in [0.5, 0.6) is 0 Å². The van der Waals surface area contributed by atoms with Crippen LogP contribution in [0.4, 0.5) is 0 Å². The number of nitrogens with zero attached hydrogens (tertiary/aromatic N) is 2. The molecule has 3 aromatic carbocycles. The number of halogens is 1. The normalized spacial score (nSPS) is 14.6. The van der Waals surface area contributed by atoms with Gasteiger partial charge in [-0.05, 0) is 67.1 Å². The lowest BCUT2D eigenvalue weighted by Gasteiger charge is -2.31. The first-order valence-electron chi connectivity index (χ1n) is 13.7. The molecule has 2 amide bonds. The molecule has 1 N–H and O–H groups in total. The zero-order chi connectivity index (χ0) is 28.5. The molecule has 0 bridgehead atoms. The summed E-state index contributed by atoms with van der Waals surface area (Å²) in [5.74, 6) is -0.360. The Morgan fingerprint density at radius 3 is 2.15 bits per heavy atom. The van der Waals surface area contributed by atoms with Crippen LogP contribution in [0.25, 0.3) is 0 Å². The highest BCUT2D eigenvalue weighted by Gasteiger charge is 2.30. The van der Waals surface area contributed by atoms with Gasteiger partial charge in [0.2, 0.25) is 21.8 Å². The molecule has 9 heteroatoms. The van der Waals surface area contributed by atoms with E-state index >= 15 is 0 Å². The topological polar surface area (TPSA) is 86.8 Å². The van der Waals surface area contributed by atoms with Gasteiger partial charge >= 0.3 is 0 Å². The van der Waals surface area contributed by atoms with Gasteiger partial charge in [-0.1, -0.05) is 66.2 Å². The molecule has 0 radical (unpaired) electrons. The third-order valence-electron chi connectivity index (χ3n) is 7.14. The molecule has 4 rings (SSSR count). The van der Waals surface area contributed by atoms with Gasteiger partial charge in [-0.25, -0.2) is 8.42 Å². The molecule has 1 heterocycles. The molecule has 1 fully saturated rings. The van der Waals surface area contributed by atoms with E-state index in [2.05, 4.69) is 5.32 Å². The molecule has 40 heavy (non-hydrogen) atoms. The van der Waals surface area contributed by atoms with Gasteiger partial charge < -0.3 is 10.2 Å². The summed E-state index contributed by atoms with van der Waals surface area (Å²) in [5.41, 5.74) is 2.69. The van der Waals surface area contributed by atoms with Crippen LogP contribution in [0.2, 0.25) is 5.02 Å². The number of carbonyl (C=O) groups excluding carboxylic acids is 2. The largest absolute Gasteiger partial charge is 0.355 e. The fourth-order valence-corrected chi connectivity index (χ4v) is 6.58. The molecular weight excluding hydrogens is 546 g/mol. The zero-order valence-electron chi connectivity index (χ0n) is 22.8. The number of benzene rings is 3. The van der Waals surface area contributed by atoms with Crippen molar-refractivity contribution in [2.45, 2.75) is 56.5 Å². The van der Waals surface area contributed by atoms with Gasteiger partial charge in [-0.2, -0.15) is 4.31 Å². The standard InChI is InChI=1S/C31H36ClN3O4S/c1-2-33-31(37)29(22-25-8-4-3-5-9-25)35(23-26-10-15-27(32)16-11-26)30(36)19-14-24-12-17-28(18-13-24)40(38,39)34-20-6-7-21-34/h3-5,8-13,15-18,29H,2,6-7,14,19-23H2,1H3,(H,33,37)/t29-/m1/s1. The van der Waals surface area contributed by atoms with E-state index in [4.69, 9.17) is 11.6 Å². The summed E-state index contributed by atoms with van der Waals surface area (Å²) in [7, 11) is -3.49. The lowest BCUT2D eigenvalue weighted by Crippen LogP contribution is -2.50. The van der Waals surface area contributed by atoms with Gasteiger partial charge in [0.25, 0.3) is 0 Å². The van der Waals surface area contributed by atoms with Gasteiger partial charge in [0.05, 0.1) is 4.90 Å². The maximum absolute atomic E-state index is 13.7. The van der Waals surface area contributed by atoms with E-state index < -0.39 is 16.1 Å². The van der Waals surface area contributed by atoms with Crippen molar-refractivity contribution < 1.29 is 18.0 Å². The van der Waals surface area contributed by atoms with E-state index in [0.29, 0.717) is 37.5 Å². The van der Waals surface area contributed by atoms with Crippen molar-refractivity contribution in [3.8, 4) is 0 Å². The van der Waals surface area contributed by atoms with E-state index in [0.717, 1.165) is 29.5 Å². The second-order valence-electron chi connectivity index (χ2n) is 10.0. The van der Waals surface area contributed by atoms with Crippen molar-refractivity contribution in [1.82, 2.24) is 14.5 Å². The number of hydrogen-bond acceptors (Lipinski definition) is 4. The quantitative estimate of drug-likeness (QED) is 0.332. The minimum Gasteiger partial charge on any atom is -0.355 e. The van der Waals surface area contributed by atoms with Gasteiger partial charge in [-0.15, -0.1) is 0 Å². The van der Waals surface area contributed by atoms with Crippen molar-refractivity contribution in [3.63, 3.8) is 0 Å². The predicted octanol–water partition coefficient (Wildman–Crippen LogP) is 4.83. The van der Waals surface area contributed by atoms with Crippen LogP contribution in [0.1, 0.15) is 42.9 Å². The summed E-state index contributed by atoms with van der Waals surface area (Å²) in [4.78, 5) is 28.9. The lowest BCUT2D eigenvalue weighted by atomic mass is 10.0. The Labute approximate surface area is 242 Å². The predicted molar refractivity (Wildman–Crippen MR) is 157 cm³/mol. The number of hydrogen-bond donors (Lipinski definition) is 1. The summed E-state index contributed by atoms with van der Waals surface area (Å²) in [5, 5.41) is 3.50. The molecule has 0 unspecified atom stereocenters. The van der Waals surface area contributed by atoms with Crippen LogP contribution in [-0.4, -0.2) is 55.1 Å².